The third-order valence-corrected chi connectivity index (χ3v) is 3.15. The molecule has 0 radical (unpaired) electrons. The molecule has 1 aromatic carbocycles. The highest BCUT2D eigenvalue weighted by Crippen LogP contribution is 2.36. The van der Waals surface area contributed by atoms with Crippen molar-refractivity contribution in [2.45, 2.75) is 31.7 Å². The smallest absolute Gasteiger partial charge is 0.390 e. The maximum Gasteiger partial charge on any atom is 0.417 e. The molecule has 1 rings (SSSR count). The van der Waals surface area contributed by atoms with Gasteiger partial charge >= 0.3 is 6.18 Å². The normalized spacial score (nSPS) is 14.6. The van der Waals surface area contributed by atoms with E-state index in [-0.39, 0.29) is 24.4 Å². The Bertz CT molecular complexity index is 508. The van der Waals surface area contributed by atoms with Gasteiger partial charge in [0.2, 0.25) is 5.91 Å². The Morgan fingerprint density at radius 2 is 2.00 bits per heavy atom. The van der Waals surface area contributed by atoms with E-state index in [1.807, 2.05) is 0 Å². The summed E-state index contributed by atoms with van der Waals surface area (Å²) in [5.41, 5.74) is -1.17. The summed E-state index contributed by atoms with van der Waals surface area (Å²) in [6, 6.07) is 2.93. The van der Waals surface area contributed by atoms with Gasteiger partial charge in [0.15, 0.2) is 0 Å². The molecule has 0 aliphatic rings. The van der Waals surface area contributed by atoms with E-state index < -0.39 is 29.0 Å². The molecule has 1 amide bonds. The van der Waals surface area contributed by atoms with Gasteiger partial charge in [0.1, 0.15) is 6.10 Å². The van der Waals surface area contributed by atoms with Gasteiger partial charge in [-0.15, -0.1) is 0 Å². The van der Waals surface area contributed by atoms with Crippen LogP contribution in [0.25, 0.3) is 0 Å². The Kier molecular flexibility index (Phi) is 6.00. The van der Waals surface area contributed by atoms with Crippen molar-refractivity contribution in [1.29, 1.82) is 0 Å². The van der Waals surface area contributed by atoms with Crippen LogP contribution in [0.5, 0.6) is 0 Å². The Morgan fingerprint density at radius 1 is 1.38 bits per heavy atom. The first-order chi connectivity index (χ1) is 9.62. The van der Waals surface area contributed by atoms with E-state index in [1.54, 1.807) is 0 Å². The standard InChI is InChI=1S/C13H15ClF3NO3/c1-7(19)18-5-4-11(20)12(21)8-2-3-10(14)9(6-8)13(15,16)17/h2-3,6,11-12,20-21H,4-5H2,1H3,(H,18,19). The molecule has 0 fully saturated rings. The molecule has 118 valence electrons. The van der Waals surface area contributed by atoms with Crippen molar-refractivity contribution in [3.8, 4) is 0 Å². The zero-order valence-electron chi connectivity index (χ0n) is 11.1. The molecule has 8 heteroatoms. The molecular weight excluding hydrogens is 311 g/mol. The molecular formula is C13H15ClF3NO3. The second-order valence-corrected chi connectivity index (χ2v) is 4.93. The van der Waals surface area contributed by atoms with Gasteiger partial charge in [-0.1, -0.05) is 17.7 Å². The van der Waals surface area contributed by atoms with Gasteiger partial charge in [0, 0.05) is 13.5 Å². The molecule has 0 aliphatic carbocycles. The third-order valence-electron chi connectivity index (χ3n) is 2.82. The first-order valence-electron chi connectivity index (χ1n) is 6.10. The highest BCUT2D eigenvalue weighted by atomic mass is 35.5. The highest BCUT2D eigenvalue weighted by molar-refractivity contribution is 6.31. The number of benzene rings is 1. The van der Waals surface area contributed by atoms with Crippen LogP contribution >= 0.6 is 11.6 Å². The molecule has 21 heavy (non-hydrogen) atoms. The van der Waals surface area contributed by atoms with Crippen molar-refractivity contribution in [1.82, 2.24) is 5.32 Å². The molecule has 0 aliphatic heterocycles. The average molecular weight is 326 g/mol. The van der Waals surface area contributed by atoms with Gasteiger partial charge in [-0.25, -0.2) is 0 Å². The van der Waals surface area contributed by atoms with E-state index >= 15 is 0 Å². The monoisotopic (exact) mass is 325 g/mol. The Morgan fingerprint density at radius 3 is 2.52 bits per heavy atom. The fraction of sp³-hybridized carbons (Fsp3) is 0.462. The van der Waals surface area contributed by atoms with Crippen LogP contribution in [0, 0.1) is 0 Å². The number of nitrogens with one attached hydrogen (secondary N) is 1. The van der Waals surface area contributed by atoms with Crippen LogP contribution in [0.4, 0.5) is 13.2 Å². The minimum Gasteiger partial charge on any atom is -0.390 e. The summed E-state index contributed by atoms with van der Waals surface area (Å²) in [5, 5.41) is 21.5. The second kappa shape index (κ2) is 7.11. The maximum atomic E-state index is 12.7. The quantitative estimate of drug-likeness (QED) is 0.778. The Balaban J connectivity index is 2.82. The third kappa shape index (κ3) is 5.18. The number of aliphatic hydroxyl groups excluding tert-OH is 2. The zero-order chi connectivity index (χ0) is 16.2. The van der Waals surface area contributed by atoms with E-state index in [4.69, 9.17) is 11.6 Å². The molecule has 0 spiro atoms. The van der Waals surface area contributed by atoms with Crippen LogP contribution in [0.2, 0.25) is 5.02 Å². The second-order valence-electron chi connectivity index (χ2n) is 4.52. The fourth-order valence-corrected chi connectivity index (χ4v) is 1.94. The van der Waals surface area contributed by atoms with Gasteiger partial charge in [-0.3, -0.25) is 4.79 Å². The number of hydrogen-bond donors (Lipinski definition) is 3. The van der Waals surface area contributed by atoms with E-state index in [9.17, 15) is 28.2 Å². The topological polar surface area (TPSA) is 69.6 Å². The summed E-state index contributed by atoms with van der Waals surface area (Å²) in [7, 11) is 0. The van der Waals surface area contributed by atoms with Crippen LogP contribution in [0.3, 0.4) is 0 Å². The van der Waals surface area contributed by atoms with E-state index in [0.29, 0.717) is 6.07 Å². The predicted octanol–water partition coefficient (Wildman–Crippen LogP) is 2.28. The largest absolute Gasteiger partial charge is 0.417 e. The van der Waals surface area contributed by atoms with Crippen molar-refractivity contribution in [2.75, 3.05) is 6.54 Å². The Labute approximate surface area is 124 Å². The summed E-state index contributed by atoms with van der Waals surface area (Å²) in [5.74, 6) is -0.303. The first kappa shape index (κ1) is 17.7. The van der Waals surface area contributed by atoms with Crippen LogP contribution in [0.1, 0.15) is 30.6 Å². The number of hydrogen-bond acceptors (Lipinski definition) is 3. The van der Waals surface area contributed by atoms with Gasteiger partial charge in [-0.05, 0) is 24.1 Å². The van der Waals surface area contributed by atoms with Crippen molar-refractivity contribution in [3.63, 3.8) is 0 Å². The SMILES string of the molecule is CC(=O)NCCC(O)C(O)c1ccc(Cl)c(C(F)(F)F)c1. The number of carbonyl (C=O) groups is 1. The lowest BCUT2D eigenvalue weighted by Gasteiger charge is -2.20. The molecule has 2 unspecified atom stereocenters. The maximum absolute atomic E-state index is 12.7. The van der Waals surface area contributed by atoms with Gasteiger partial charge in [0.25, 0.3) is 0 Å². The lowest BCUT2D eigenvalue weighted by molar-refractivity contribution is -0.137. The number of amides is 1. The summed E-state index contributed by atoms with van der Waals surface area (Å²) < 4.78 is 38.1. The van der Waals surface area contributed by atoms with Crippen LogP contribution in [-0.4, -0.2) is 28.8 Å². The molecule has 4 nitrogen and oxygen atoms in total. The van der Waals surface area contributed by atoms with Gasteiger partial charge in [0.05, 0.1) is 16.7 Å². The molecule has 2 atom stereocenters. The van der Waals surface area contributed by atoms with Gasteiger partial charge in [-0.2, -0.15) is 13.2 Å². The molecule has 0 saturated carbocycles. The average Bonchev–Trinajstić information content (AvgIpc) is 2.36. The number of carbonyl (C=O) groups excluding carboxylic acids is 1. The minimum absolute atomic E-state index is 0.00469. The molecule has 0 saturated heterocycles. The molecule has 3 N–H and O–H groups in total. The zero-order valence-corrected chi connectivity index (χ0v) is 11.9. The number of halogens is 4. The first-order valence-corrected chi connectivity index (χ1v) is 6.48. The van der Waals surface area contributed by atoms with Gasteiger partial charge < -0.3 is 15.5 Å². The highest BCUT2D eigenvalue weighted by Gasteiger charge is 2.34. The lowest BCUT2D eigenvalue weighted by atomic mass is 10.00. The van der Waals surface area contributed by atoms with E-state index in [2.05, 4.69) is 5.32 Å². The van der Waals surface area contributed by atoms with Crippen molar-refractivity contribution in [3.05, 3.63) is 34.3 Å². The minimum atomic E-state index is -4.64. The van der Waals surface area contributed by atoms with E-state index in [1.165, 1.54) is 13.0 Å². The Hall–Kier alpha value is -1.31. The van der Waals surface area contributed by atoms with Crippen molar-refractivity contribution >= 4 is 17.5 Å². The summed E-state index contributed by atoms with van der Waals surface area (Å²) in [4.78, 5) is 10.7. The molecule has 0 aromatic heterocycles. The number of rotatable bonds is 5. The van der Waals surface area contributed by atoms with Crippen LogP contribution in [0.15, 0.2) is 18.2 Å². The van der Waals surface area contributed by atoms with E-state index in [0.717, 1.165) is 6.07 Å². The summed E-state index contributed by atoms with van der Waals surface area (Å²) in [6.45, 7) is 1.39. The van der Waals surface area contributed by atoms with Crippen LogP contribution in [-0.2, 0) is 11.0 Å². The molecule has 0 bridgehead atoms. The molecule has 0 heterocycles. The predicted molar refractivity (Wildman–Crippen MR) is 70.7 cm³/mol. The molecule has 1 aromatic rings. The lowest BCUT2D eigenvalue weighted by Crippen LogP contribution is -2.27. The number of alkyl halides is 3. The number of aliphatic hydroxyl groups is 2. The van der Waals surface area contributed by atoms with Crippen LogP contribution < -0.4 is 5.32 Å². The summed E-state index contributed by atoms with van der Waals surface area (Å²) >= 11 is 5.47. The summed E-state index contributed by atoms with van der Waals surface area (Å²) in [6.07, 6.45) is -7.45. The van der Waals surface area contributed by atoms with Crippen molar-refractivity contribution in [2.24, 2.45) is 0 Å². The van der Waals surface area contributed by atoms with Crippen molar-refractivity contribution < 1.29 is 28.2 Å². The fourth-order valence-electron chi connectivity index (χ4n) is 1.72.